The summed E-state index contributed by atoms with van der Waals surface area (Å²) in [4.78, 5) is 12.1. The lowest BCUT2D eigenvalue weighted by molar-refractivity contribution is 0.129. The zero-order valence-corrected chi connectivity index (χ0v) is 10.6. The van der Waals surface area contributed by atoms with Gasteiger partial charge in [0.05, 0.1) is 12.7 Å². The molecular formula is C10H16N4O2S. The highest BCUT2D eigenvalue weighted by Crippen LogP contribution is 2.22. The minimum Gasteiger partial charge on any atom is -0.464 e. The summed E-state index contributed by atoms with van der Waals surface area (Å²) in [6.07, 6.45) is 2.54. The molecule has 0 aromatic carbocycles. The van der Waals surface area contributed by atoms with E-state index in [4.69, 9.17) is 15.2 Å². The standard InChI is InChI=1S/C10H16N4O2S/c1-2-15-9-12-8(11)13-10(14-9)17-6-7-4-3-5-16-7/h7H,2-6H2,1H3,(H2,11,12,13,14). The highest BCUT2D eigenvalue weighted by atomic mass is 32.2. The van der Waals surface area contributed by atoms with Gasteiger partial charge in [-0.15, -0.1) is 0 Å². The second kappa shape index (κ2) is 6.02. The zero-order chi connectivity index (χ0) is 12.1. The number of thioether (sulfide) groups is 1. The molecule has 1 aliphatic heterocycles. The fourth-order valence-electron chi connectivity index (χ4n) is 1.55. The first kappa shape index (κ1) is 12.4. The van der Waals surface area contributed by atoms with Crippen molar-refractivity contribution in [2.24, 2.45) is 0 Å². The Balaban J connectivity index is 1.94. The van der Waals surface area contributed by atoms with Gasteiger partial charge in [0.25, 0.3) is 0 Å². The predicted molar refractivity (Wildman–Crippen MR) is 65.1 cm³/mol. The molecule has 0 radical (unpaired) electrons. The number of nitrogens with two attached hydrogens (primary N) is 1. The van der Waals surface area contributed by atoms with Gasteiger partial charge in [0.2, 0.25) is 5.95 Å². The number of nitrogens with zero attached hydrogens (tertiary/aromatic N) is 3. The van der Waals surface area contributed by atoms with E-state index < -0.39 is 0 Å². The Morgan fingerprint density at radius 3 is 3.06 bits per heavy atom. The Hall–Kier alpha value is -1.08. The number of hydrogen-bond donors (Lipinski definition) is 1. The predicted octanol–water partition coefficient (Wildman–Crippen LogP) is 1.12. The third-order valence-corrected chi connectivity index (χ3v) is 3.29. The largest absolute Gasteiger partial charge is 0.464 e. The van der Waals surface area contributed by atoms with Gasteiger partial charge < -0.3 is 15.2 Å². The lowest BCUT2D eigenvalue weighted by Crippen LogP contribution is -2.09. The minimum atomic E-state index is 0.193. The van der Waals surface area contributed by atoms with Crippen LogP contribution in [0.1, 0.15) is 19.8 Å². The first-order valence-corrected chi connectivity index (χ1v) is 6.65. The van der Waals surface area contributed by atoms with E-state index in [9.17, 15) is 0 Å². The molecule has 17 heavy (non-hydrogen) atoms. The van der Waals surface area contributed by atoms with E-state index in [0.717, 1.165) is 25.2 Å². The van der Waals surface area contributed by atoms with Crippen molar-refractivity contribution in [2.75, 3.05) is 24.7 Å². The number of aromatic nitrogens is 3. The fraction of sp³-hybridized carbons (Fsp3) is 0.700. The highest BCUT2D eigenvalue weighted by molar-refractivity contribution is 7.99. The van der Waals surface area contributed by atoms with Crippen LogP contribution in [-0.2, 0) is 4.74 Å². The molecule has 1 fully saturated rings. The van der Waals surface area contributed by atoms with Crippen molar-refractivity contribution >= 4 is 17.7 Å². The smallest absolute Gasteiger partial charge is 0.322 e. The van der Waals surface area contributed by atoms with Gasteiger partial charge in [-0.25, -0.2) is 0 Å². The molecule has 1 atom stereocenters. The molecule has 0 spiro atoms. The van der Waals surface area contributed by atoms with Gasteiger partial charge in [0.1, 0.15) is 0 Å². The van der Waals surface area contributed by atoms with Gasteiger partial charge in [-0.1, -0.05) is 11.8 Å². The lowest BCUT2D eigenvalue weighted by Gasteiger charge is -2.08. The topological polar surface area (TPSA) is 83.2 Å². The number of anilines is 1. The molecule has 1 unspecified atom stereocenters. The van der Waals surface area contributed by atoms with Gasteiger partial charge in [-0.3, -0.25) is 0 Å². The molecule has 0 saturated carbocycles. The molecule has 0 bridgehead atoms. The van der Waals surface area contributed by atoms with Crippen LogP contribution in [0, 0.1) is 0 Å². The number of ether oxygens (including phenoxy) is 2. The second-order valence-electron chi connectivity index (χ2n) is 3.64. The summed E-state index contributed by atoms with van der Waals surface area (Å²) in [5, 5.41) is 0.594. The van der Waals surface area contributed by atoms with Crippen LogP contribution >= 0.6 is 11.8 Å². The quantitative estimate of drug-likeness (QED) is 0.790. The van der Waals surface area contributed by atoms with Crippen molar-refractivity contribution in [3.8, 4) is 6.01 Å². The molecule has 94 valence electrons. The van der Waals surface area contributed by atoms with Crippen LogP contribution in [0.4, 0.5) is 5.95 Å². The van der Waals surface area contributed by atoms with Crippen molar-refractivity contribution < 1.29 is 9.47 Å². The summed E-state index contributed by atoms with van der Waals surface area (Å²) in [5.74, 6) is 1.04. The molecule has 0 amide bonds. The summed E-state index contributed by atoms with van der Waals surface area (Å²) in [7, 11) is 0. The van der Waals surface area contributed by atoms with E-state index >= 15 is 0 Å². The van der Waals surface area contributed by atoms with E-state index in [1.54, 1.807) is 0 Å². The van der Waals surface area contributed by atoms with Crippen molar-refractivity contribution in [2.45, 2.75) is 31.0 Å². The number of hydrogen-bond acceptors (Lipinski definition) is 7. The van der Waals surface area contributed by atoms with Gasteiger partial charge in [0.15, 0.2) is 5.16 Å². The van der Waals surface area contributed by atoms with Gasteiger partial charge in [-0.05, 0) is 19.8 Å². The van der Waals surface area contributed by atoms with Gasteiger partial charge in [-0.2, -0.15) is 15.0 Å². The van der Waals surface area contributed by atoms with E-state index in [-0.39, 0.29) is 12.0 Å². The van der Waals surface area contributed by atoms with Crippen LogP contribution in [0.25, 0.3) is 0 Å². The molecule has 1 aliphatic rings. The molecule has 6 nitrogen and oxygen atoms in total. The molecule has 0 aliphatic carbocycles. The number of rotatable bonds is 5. The molecule has 7 heteroatoms. The lowest BCUT2D eigenvalue weighted by atomic mass is 10.3. The van der Waals surface area contributed by atoms with Crippen LogP contribution in [0.5, 0.6) is 6.01 Å². The Labute approximate surface area is 104 Å². The Kier molecular flexibility index (Phi) is 4.38. The highest BCUT2D eigenvalue weighted by Gasteiger charge is 2.16. The normalized spacial score (nSPS) is 19.5. The van der Waals surface area contributed by atoms with Crippen molar-refractivity contribution in [3.63, 3.8) is 0 Å². The van der Waals surface area contributed by atoms with Gasteiger partial charge in [0, 0.05) is 12.4 Å². The maximum atomic E-state index is 5.59. The number of nitrogen functional groups attached to an aromatic ring is 1. The average molecular weight is 256 g/mol. The van der Waals surface area contributed by atoms with E-state index in [1.807, 2.05) is 6.92 Å². The van der Waals surface area contributed by atoms with Gasteiger partial charge >= 0.3 is 6.01 Å². The van der Waals surface area contributed by atoms with Crippen molar-refractivity contribution in [1.82, 2.24) is 15.0 Å². The average Bonchev–Trinajstić information content (AvgIpc) is 2.79. The minimum absolute atomic E-state index is 0.193. The molecule has 2 heterocycles. The van der Waals surface area contributed by atoms with Crippen LogP contribution in [-0.4, -0.2) is 40.0 Å². The third-order valence-electron chi connectivity index (χ3n) is 2.31. The maximum Gasteiger partial charge on any atom is 0.322 e. The Bertz CT molecular complexity index is 371. The maximum absolute atomic E-state index is 5.59. The second-order valence-corrected chi connectivity index (χ2v) is 4.62. The molecular weight excluding hydrogens is 240 g/mol. The summed E-state index contributed by atoms with van der Waals surface area (Å²) in [5.41, 5.74) is 5.59. The monoisotopic (exact) mass is 256 g/mol. The van der Waals surface area contributed by atoms with Crippen LogP contribution in [0.15, 0.2) is 5.16 Å². The fourth-order valence-corrected chi connectivity index (χ4v) is 2.45. The van der Waals surface area contributed by atoms with Crippen molar-refractivity contribution in [1.29, 1.82) is 0 Å². The summed E-state index contributed by atoms with van der Waals surface area (Å²) in [6, 6.07) is 0.287. The summed E-state index contributed by atoms with van der Waals surface area (Å²) < 4.78 is 10.7. The molecule has 2 N–H and O–H groups in total. The molecule has 2 rings (SSSR count). The summed E-state index contributed by atoms with van der Waals surface area (Å²) in [6.45, 7) is 3.24. The van der Waals surface area contributed by atoms with Crippen LogP contribution < -0.4 is 10.5 Å². The zero-order valence-electron chi connectivity index (χ0n) is 9.76. The van der Waals surface area contributed by atoms with Crippen LogP contribution in [0.3, 0.4) is 0 Å². The van der Waals surface area contributed by atoms with E-state index in [1.165, 1.54) is 11.8 Å². The SMILES string of the molecule is CCOc1nc(N)nc(SCC2CCCO2)n1. The van der Waals surface area contributed by atoms with Crippen LogP contribution in [0.2, 0.25) is 0 Å². The molecule has 1 aromatic heterocycles. The summed E-state index contributed by atoms with van der Waals surface area (Å²) >= 11 is 1.52. The third kappa shape index (κ3) is 3.71. The first-order valence-electron chi connectivity index (χ1n) is 5.66. The Morgan fingerprint density at radius 2 is 2.35 bits per heavy atom. The van der Waals surface area contributed by atoms with Crippen molar-refractivity contribution in [3.05, 3.63) is 0 Å². The van der Waals surface area contributed by atoms with E-state index in [0.29, 0.717) is 17.9 Å². The Morgan fingerprint density at radius 1 is 1.47 bits per heavy atom. The molecule has 1 saturated heterocycles. The first-order chi connectivity index (χ1) is 8.28. The van der Waals surface area contributed by atoms with E-state index in [2.05, 4.69) is 15.0 Å². The molecule has 1 aromatic rings.